The first-order chi connectivity index (χ1) is 11.6. The molecule has 1 saturated heterocycles. The summed E-state index contributed by atoms with van der Waals surface area (Å²) in [6.07, 6.45) is 3.63. The number of carbonyl (C=O) groups excluding carboxylic acids is 1. The normalized spacial score (nSPS) is 21.2. The van der Waals surface area contributed by atoms with Gasteiger partial charge in [-0.05, 0) is 44.4 Å². The van der Waals surface area contributed by atoms with Crippen LogP contribution in [0.4, 0.5) is 0 Å². The first-order valence-electron chi connectivity index (χ1n) is 8.35. The van der Waals surface area contributed by atoms with E-state index in [1.54, 1.807) is 4.68 Å². The minimum Gasteiger partial charge on any atom is -0.347 e. The molecule has 1 N–H and O–H groups in total. The molecule has 1 saturated carbocycles. The summed E-state index contributed by atoms with van der Waals surface area (Å²) in [5.74, 6) is -0.128. The van der Waals surface area contributed by atoms with Crippen LogP contribution >= 0.6 is 15.9 Å². The molecule has 1 aliphatic heterocycles. The smallest absolute Gasteiger partial charge is 0.274 e. The first-order valence-corrected chi connectivity index (χ1v) is 9.14. The maximum atomic E-state index is 12.6. The van der Waals surface area contributed by atoms with Crippen molar-refractivity contribution in [1.29, 1.82) is 0 Å². The summed E-state index contributed by atoms with van der Waals surface area (Å²) in [5.41, 5.74) is 2.04. The molecule has 0 spiro atoms. The molecule has 1 amide bonds. The Kier molecular flexibility index (Phi) is 4.14. The van der Waals surface area contributed by atoms with Crippen LogP contribution in [-0.2, 0) is 0 Å². The number of amides is 1. The summed E-state index contributed by atoms with van der Waals surface area (Å²) in [6.45, 7) is 3.91. The molecule has 1 atom stereocenters. The highest BCUT2D eigenvalue weighted by atomic mass is 79.9. The van der Waals surface area contributed by atoms with Crippen molar-refractivity contribution in [3.63, 3.8) is 0 Å². The van der Waals surface area contributed by atoms with Crippen LogP contribution in [0.2, 0.25) is 0 Å². The number of halogens is 1. The highest BCUT2D eigenvalue weighted by Gasteiger charge is 2.35. The minimum absolute atomic E-state index is 0.128. The van der Waals surface area contributed by atoms with Crippen molar-refractivity contribution in [3.8, 4) is 5.69 Å². The quantitative estimate of drug-likeness (QED) is 0.871. The monoisotopic (exact) mass is 389 g/mol. The summed E-state index contributed by atoms with van der Waals surface area (Å²) in [5, 5.41) is 11.4. The van der Waals surface area contributed by atoms with Gasteiger partial charge in [0.2, 0.25) is 0 Å². The largest absolute Gasteiger partial charge is 0.347 e. The predicted octanol–water partition coefficient (Wildman–Crippen LogP) is 2.30. The van der Waals surface area contributed by atoms with Gasteiger partial charge in [-0.2, -0.15) is 0 Å². The lowest BCUT2D eigenvalue weighted by Crippen LogP contribution is -2.38. The van der Waals surface area contributed by atoms with Crippen LogP contribution in [0.3, 0.4) is 0 Å². The number of carbonyl (C=O) groups is 1. The lowest BCUT2D eigenvalue weighted by Gasteiger charge is -2.15. The molecule has 0 radical (unpaired) electrons. The number of rotatable bonds is 4. The number of likely N-dealkylation sites (tertiary alicyclic amines) is 1. The molecule has 2 aliphatic rings. The maximum Gasteiger partial charge on any atom is 0.274 e. The predicted molar refractivity (Wildman–Crippen MR) is 94.3 cm³/mol. The molecule has 1 unspecified atom stereocenters. The third kappa shape index (κ3) is 3.10. The molecule has 1 aromatic carbocycles. The molecule has 1 aromatic heterocycles. The zero-order valence-electron chi connectivity index (χ0n) is 13.6. The van der Waals surface area contributed by atoms with Crippen molar-refractivity contribution in [2.24, 2.45) is 0 Å². The van der Waals surface area contributed by atoms with E-state index in [1.807, 2.05) is 31.2 Å². The van der Waals surface area contributed by atoms with Gasteiger partial charge in [0.1, 0.15) is 0 Å². The van der Waals surface area contributed by atoms with Crippen molar-refractivity contribution in [1.82, 2.24) is 25.2 Å². The Morgan fingerprint density at radius 3 is 2.92 bits per heavy atom. The van der Waals surface area contributed by atoms with Crippen LogP contribution in [0.1, 0.15) is 35.4 Å². The Labute approximate surface area is 149 Å². The third-order valence-electron chi connectivity index (χ3n) is 4.78. The molecule has 4 rings (SSSR count). The van der Waals surface area contributed by atoms with E-state index < -0.39 is 0 Å². The van der Waals surface area contributed by atoms with E-state index in [1.165, 1.54) is 12.8 Å². The van der Waals surface area contributed by atoms with Crippen LogP contribution in [0.5, 0.6) is 0 Å². The molecular weight excluding hydrogens is 370 g/mol. The number of nitrogens with zero attached hydrogens (tertiary/aromatic N) is 4. The maximum absolute atomic E-state index is 12.6. The number of aromatic nitrogens is 3. The number of hydrogen-bond acceptors (Lipinski definition) is 4. The SMILES string of the molecule is Cc1c(C(=O)NC2CCN(C3CC3)C2)nnn1-c1cccc(Br)c1. The van der Waals surface area contributed by atoms with E-state index in [4.69, 9.17) is 0 Å². The summed E-state index contributed by atoms with van der Waals surface area (Å²) >= 11 is 3.45. The zero-order valence-corrected chi connectivity index (χ0v) is 15.2. The van der Waals surface area contributed by atoms with E-state index in [9.17, 15) is 4.79 Å². The summed E-state index contributed by atoms with van der Waals surface area (Å²) in [4.78, 5) is 15.1. The minimum atomic E-state index is -0.128. The Balaban J connectivity index is 1.47. The second-order valence-corrected chi connectivity index (χ2v) is 7.52. The van der Waals surface area contributed by atoms with Crippen LogP contribution < -0.4 is 5.32 Å². The topological polar surface area (TPSA) is 63.1 Å². The van der Waals surface area contributed by atoms with Gasteiger partial charge in [0.15, 0.2) is 5.69 Å². The number of benzene rings is 1. The van der Waals surface area contributed by atoms with E-state index in [2.05, 4.69) is 36.5 Å². The molecule has 6 nitrogen and oxygen atoms in total. The Bertz CT molecular complexity index is 770. The van der Waals surface area contributed by atoms with E-state index in [0.717, 1.165) is 41.4 Å². The average Bonchev–Trinajstić information content (AvgIpc) is 3.18. The van der Waals surface area contributed by atoms with Crippen molar-refractivity contribution in [3.05, 3.63) is 40.1 Å². The van der Waals surface area contributed by atoms with Crippen molar-refractivity contribution < 1.29 is 4.79 Å². The zero-order chi connectivity index (χ0) is 16.7. The van der Waals surface area contributed by atoms with Gasteiger partial charge in [0, 0.05) is 29.6 Å². The van der Waals surface area contributed by atoms with Crippen LogP contribution in [0, 0.1) is 6.92 Å². The van der Waals surface area contributed by atoms with Crippen LogP contribution in [0.15, 0.2) is 28.7 Å². The van der Waals surface area contributed by atoms with E-state index in [0.29, 0.717) is 5.69 Å². The van der Waals surface area contributed by atoms with Gasteiger partial charge in [-0.3, -0.25) is 9.69 Å². The molecule has 1 aliphatic carbocycles. The van der Waals surface area contributed by atoms with Crippen molar-refractivity contribution >= 4 is 21.8 Å². The van der Waals surface area contributed by atoms with Gasteiger partial charge in [0.05, 0.1) is 11.4 Å². The summed E-state index contributed by atoms with van der Waals surface area (Å²) in [7, 11) is 0. The van der Waals surface area contributed by atoms with Crippen LogP contribution in [-0.4, -0.2) is 51.0 Å². The summed E-state index contributed by atoms with van der Waals surface area (Å²) < 4.78 is 2.66. The number of nitrogens with one attached hydrogen (secondary N) is 1. The van der Waals surface area contributed by atoms with Gasteiger partial charge in [0.25, 0.3) is 5.91 Å². The molecule has 7 heteroatoms. The van der Waals surface area contributed by atoms with Gasteiger partial charge in [-0.1, -0.05) is 27.2 Å². The standard InChI is InChI=1S/C17H20BrN5O/c1-11-16(20-21-23(11)15-4-2-3-12(18)9-15)17(24)19-13-7-8-22(10-13)14-5-6-14/h2-4,9,13-14H,5-8,10H2,1H3,(H,19,24). The highest BCUT2D eigenvalue weighted by Crippen LogP contribution is 2.29. The van der Waals surface area contributed by atoms with Crippen molar-refractivity contribution in [2.75, 3.05) is 13.1 Å². The Morgan fingerprint density at radius 2 is 2.17 bits per heavy atom. The molecule has 2 heterocycles. The highest BCUT2D eigenvalue weighted by molar-refractivity contribution is 9.10. The fourth-order valence-corrected chi connectivity index (χ4v) is 3.71. The van der Waals surface area contributed by atoms with Gasteiger partial charge in [-0.25, -0.2) is 4.68 Å². The second kappa shape index (κ2) is 6.29. The van der Waals surface area contributed by atoms with Gasteiger partial charge >= 0.3 is 0 Å². The molecule has 24 heavy (non-hydrogen) atoms. The second-order valence-electron chi connectivity index (χ2n) is 6.60. The lowest BCUT2D eigenvalue weighted by atomic mass is 10.2. The third-order valence-corrected chi connectivity index (χ3v) is 5.27. The molecule has 126 valence electrons. The Morgan fingerprint density at radius 1 is 1.33 bits per heavy atom. The lowest BCUT2D eigenvalue weighted by molar-refractivity contribution is 0.0931. The fraction of sp³-hybridized carbons (Fsp3) is 0.471. The summed E-state index contributed by atoms with van der Waals surface area (Å²) in [6, 6.07) is 8.76. The van der Waals surface area contributed by atoms with Gasteiger partial charge < -0.3 is 5.32 Å². The molecule has 2 aromatic rings. The molecule has 2 fully saturated rings. The van der Waals surface area contributed by atoms with E-state index in [-0.39, 0.29) is 11.9 Å². The van der Waals surface area contributed by atoms with Gasteiger partial charge in [-0.15, -0.1) is 5.10 Å². The average molecular weight is 390 g/mol. The van der Waals surface area contributed by atoms with Crippen LogP contribution in [0.25, 0.3) is 5.69 Å². The first kappa shape index (κ1) is 15.8. The number of hydrogen-bond donors (Lipinski definition) is 1. The molecule has 0 bridgehead atoms. The van der Waals surface area contributed by atoms with E-state index >= 15 is 0 Å². The van der Waals surface area contributed by atoms with Crippen molar-refractivity contribution in [2.45, 2.75) is 38.3 Å². The molecular formula is C17H20BrN5O. The fourth-order valence-electron chi connectivity index (χ4n) is 3.32. The Hall–Kier alpha value is -1.73.